The maximum absolute atomic E-state index is 13.8. The van der Waals surface area contributed by atoms with Crippen LogP contribution in [0.2, 0.25) is 0 Å². The molecule has 2 aliphatic carbocycles. The molecule has 3 atom stereocenters. The minimum Gasteiger partial charge on any atom is -0.469 e. The zero-order valence-corrected chi connectivity index (χ0v) is 20.9. The molecule has 0 heterocycles. The van der Waals surface area contributed by atoms with Gasteiger partial charge in [0.2, 0.25) is 19.7 Å². The predicted octanol–water partition coefficient (Wildman–Crippen LogP) is 4.58. The van der Waals surface area contributed by atoms with E-state index in [4.69, 9.17) is 4.74 Å². The molecule has 0 saturated heterocycles. The highest BCUT2D eigenvalue weighted by Crippen LogP contribution is 2.53. The van der Waals surface area contributed by atoms with Gasteiger partial charge in [0, 0.05) is 0 Å². The third-order valence-corrected chi connectivity index (χ3v) is 11.0. The fourth-order valence-corrected chi connectivity index (χ4v) is 8.90. The summed E-state index contributed by atoms with van der Waals surface area (Å²) in [6.45, 7) is 0. The second-order valence-electron chi connectivity index (χ2n) is 9.12. The average Bonchev–Trinajstić information content (AvgIpc) is 3.38. The first-order valence-electron chi connectivity index (χ1n) is 11.6. The van der Waals surface area contributed by atoms with Crippen LogP contribution in [-0.2, 0) is 35.6 Å². The number of fused-ring (bicyclic) bond motifs is 3. The van der Waals surface area contributed by atoms with Crippen molar-refractivity contribution in [3.8, 4) is 0 Å². The van der Waals surface area contributed by atoms with Gasteiger partial charge < -0.3 is 4.74 Å². The maximum Gasteiger partial charge on any atom is 0.309 e. The van der Waals surface area contributed by atoms with Crippen LogP contribution in [0, 0.1) is 11.8 Å². The molecule has 35 heavy (non-hydrogen) atoms. The molecule has 0 aliphatic heterocycles. The number of benzene rings is 3. The zero-order valence-electron chi connectivity index (χ0n) is 19.3. The van der Waals surface area contributed by atoms with E-state index in [1.54, 1.807) is 48.5 Å². The molecule has 0 radical (unpaired) electrons. The van der Waals surface area contributed by atoms with Crippen LogP contribution in [0.3, 0.4) is 0 Å². The Bertz CT molecular complexity index is 1480. The van der Waals surface area contributed by atoms with Crippen LogP contribution in [0.4, 0.5) is 0 Å². The maximum atomic E-state index is 13.8. The van der Waals surface area contributed by atoms with Gasteiger partial charge in [0.25, 0.3) is 0 Å². The van der Waals surface area contributed by atoms with Crippen LogP contribution in [-0.4, -0.2) is 29.9 Å². The summed E-state index contributed by atoms with van der Waals surface area (Å²) in [6.07, 6.45) is 2.42. The number of hydrogen-bond acceptors (Lipinski definition) is 6. The summed E-state index contributed by atoms with van der Waals surface area (Å²) in [7, 11) is -6.51. The normalized spacial score (nSPS) is 21.7. The number of carbonyl (C=O) groups excluding carboxylic acids is 1. The van der Waals surface area contributed by atoms with Crippen LogP contribution < -0.4 is 0 Å². The van der Waals surface area contributed by atoms with Gasteiger partial charge in [-0.05, 0) is 78.6 Å². The van der Waals surface area contributed by atoms with Gasteiger partial charge in [-0.1, -0.05) is 42.8 Å². The van der Waals surface area contributed by atoms with Gasteiger partial charge in [0.1, 0.15) is 0 Å². The van der Waals surface area contributed by atoms with E-state index in [1.165, 1.54) is 31.4 Å². The largest absolute Gasteiger partial charge is 0.469 e. The van der Waals surface area contributed by atoms with Crippen molar-refractivity contribution in [3.05, 3.63) is 83.9 Å². The Labute approximate surface area is 205 Å². The van der Waals surface area contributed by atoms with Crippen LogP contribution in [0.15, 0.2) is 92.4 Å². The number of methoxy groups -OCH3 is 1. The second kappa shape index (κ2) is 8.91. The summed E-state index contributed by atoms with van der Waals surface area (Å²) < 4.78 is 60.0. The van der Waals surface area contributed by atoms with E-state index in [2.05, 4.69) is 0 Å². The van der Waals surface area contributed by atoms with E-state index < -0.39 is 25.6 Å². The molecule has 1 fully saturated rings. The number of rotatable bonds is 5. The van der Waals surface area contributed by atoms with Crippen LogP contribution >= 0.6 is 0 Å². The molecule has 0 N–H and O–H groups in total. The predicted molar refractivity (Wildman–Crippen MR) is 130 cm³/mol. The monoisotopic (exact) mass is 510 g/mol. The first-order chi connectivity index (χ1) is 16.8. The van der Waals surface area contributed by atoms with Crippen molar-refractivity contribution < 1.29 is 26.4 Å². The van der Waals surface area contributed by atoms with Crippen LogP contribution in [0.25, 0.3) is 0 Å². The van der Waals surface area contributed by atoms with Gasteiger partial charge in [-0.25, -0.2) is 16.8 Å². The number of sulfone groups is 2. The van der Waals surface area contributed by atoms with E-state index in [-0.39, 0.29) is 43.8 Å². The smallest absolute Gasteiger partial charge is 0.309 e. The van der Waals surface area contributed by atoms with Gasteiger partial charge in [-0.3, -0.25) is 4.79 Å². The molecule has 2 aliphatic rings. The van der Waals surface area contributed by atoms with Gasteiger partial charge in [0.05, 0.1) is 32.6 Å². The fraction of sp³-hybridized carbons (Fsp3) is 0.296. The van der Waals surface area contributed by atoms with E-state index >= 15 is 0 Å². The number of ether oxygens (including phenoxy) is 1. The van der Waals surface area contributed by atoms with E-state index in [0.29, 0.717) is 17.5 Å². The second-order valence-corrected chi connectivity index (χ2v) is 13.0. The molecule has 0 spiro atoms. The molecule has 6 nitrogen and oxygen atoms in total. The van der Waals surface area contributed by atoms with Crippen molar-refractivity contribution in [2.75, 3.05) is 7.11 Å². The summed E-state index contributed by atoms with van der Waals surface area (Å²) in [5.41, 5.74) is 0.970. The van der Waals surface area contributed by atoms with Crippen molar-refractivity contribution in [2.24, 2.45) is 11.8 Å². The van der Waals surface area contributed by atoms with E-state index in [0.717, 1.165) is 12.8 Å². The number of carbonyl (C=O) groups is 1. The van der Waals surface area contributed by atoms with Gasteiger partial charge in [0.15, 0.2) is 0 Å². The summed E-state index contributed by atoms with van der Waals surface area (Å²) >= 11 is 0. The molecule has 1 saturated carbocycles. The van der Waals surface area contributed by atoms with Gasteiger partial charge >= 0.3 is 5.97 Å². The minimum atomic E-state index is -3.94. The molecule has 5 rings (SSSR count). The Morgan fingerprint density at radius 1 is 0.771 bits per heavy atom. The lowest BCUT2D eigenvalue weighted by atomic mass is 9.70. The molecular weight excluding hydrogens is 484 g/mol. The minimum absolute atomic E-state index is 0.0602. The van der Waals surface area contributed by atoms with Gasteiger partial charge in [-0.15, -0.1) is 0 Å². The molecule has 0 bridgehead atoms. The molecule has 3 aromatic rings. The van der Waals surface area contributed by atoms with Gasteiger partial charge in [-0.2, -0.15) is 0 Å². The summed E-state index contributed by atoms with van der Waals surface area (Å²) in [6, 6.07) is 19.1. The molecule has 0 unspecified atom stereocenters. The fourth-order valence-electron chi connectivity index (χ4n) is 5.79. The summed E-state index contributed by atoms with van der Waals surface area (Å²) in [4.78, 5) is 13.2. The third-order valence-electron chi connectivity index (χ3n) is 7.35. The number of esters is 1. The van der Waals surface area contributed by atoms with Crippen molar-refractivity contribution in [3.63, 3.8) is 0 Å². The Hall–Kier alpha value is -2.97. The molecular formula is C27H26O6S2. The highest BCUT2D eigenvalue weighted by atomic mass is 32.2. The lowest BCUT2D eigenvalue weighted by Gasteiger charge is -2.36. The Morgan fingerprint density at radius 2 is 1.31 bits per heavy atom. The van der Waals surface area contributed by atoms with Crippen LogP contribution in [0.5, 0.6) is 0 Å². The first-order valence-corrected chi connectivity index (χ1v) is 14.6. The SMILES string of the molecule is COC(=O)[C@H]1Cc2c(S(=O)(=O)c3ccccc3)ccc(S(=O)(=O)c3ccccc3)c2[C@H]2CCC[C@H]12. The molecule has 0 amide bonds. The lowest BCUT2D eigenvalue weighted by Crippen LogP contribution is -2.35. The average molecular weight is 511 g/mol. The summed E-state index contributed by atoms with van der Waals surface area (Å²) in [5.74, 6) is -1.22. The van der Waals surface area contributed by atoms with Crippen molar-refractivity contribution in [2.45, 2.75) is 51.2 Å². The van der Waals surface area contributed by atoms with E-state index in [1.807, 2.05) is 0 Å². The van der Waals surface area contributed by atoms with Crippen molar-refractivity contribution >= 4 is 25.6 Å². The summed E-state index contributed by atoms with van der Waals surface area (Å²) in [5, 5.41) is 0. The van der Waals surface area contributed by atoms with Crippen LogP contribution in [0.1, 0.15) is 36.3 Å². The quantitative estimate of drug-likeness (QED) is 0.466. The molecule has 0 aromatic heterocycles. The Kier molecular flexibility index (Phi) is 6.05. The zero-order chi connectivity index (χ0) is 24.8. The van der Waals surface area contributed by atoms with E-state index in [9.17, 15) is 21.6 Å². The molecule has 8 heteroatoms. The topological polar surface area (TPSA) is 94.6 Å². The standard InChI is InChI=1S/C27H26O6S2/c1-33-27(28)22-17-23-24(34(29,30)18-9-4-2-5-10-18)15-16-25(26(23)21-14-8-13-20(21)22)35(31,32)19-11-6-3-7-12-19/h2-7,9-12,15-16,20-22H,8,13-14,17H2,1H3/t20-,21-,22-/m0/s1. The first kappa shape index (κ1) is 23.8. The van der Waals surface area contributed by atoms with Crippen molar-refractivity contribution in [1.29, 1.82) is 0 Å². The lowest BCUT2D eigenvalue weighted by molar-refractivity contribution is -0.147. The highest BCUT2D eigenvalue weighted by molar-refractivity contribution is 7.92. The highest BCUT2D eigenvalue weighted by Gasteiger charge is 2.47. The Morgan fingerprint density at radius 3 is 1.89 bits per heavy atom. The van der Waals surface area contributed by atoms with Crippen molar-refractivity contribution in [1.82, 2.24) is 0 Å². The molecule has 182 valence electrons. The molecule has 3 aromatic carbocycles. The number of hydrogen-bond donors (Lipinski definition) is 0. The Balaban J connectivity index is 1.79. The third kappa shape index (κ3) is 3.89.